The molecule has 4 rings (SSSR count). The lowest BCUT2D eigenvalue weighted by atomic mass is 9.99. The van der Waals surface area contributed by atoms with Gasteiger partial charge in [0, 0.05) is 25.4 Å². The molecule has 1 unspecified atom stereocenters. The molecule has 0 fully saturated rings. The Morgan fingerprint density at radius 1 is 1.24 bits per heavy atom. The van der Waals surface area contributed by atoms with Gasteiger partial charge in [0.25, 0.3) is 0 Å². The largest absolute Gasteiger partial charge is 0.349 e. The van der Waals surface area contributed by atoms with Crippen LogP contribution in [0.2, 0.25) is 0 Å². The molecule has 0 aliphatic carbocycles. The summed E-state index contributed by atoms with van der Waals surface area (Å²) < 4.78 is 3.89. The molecule has 1 aliphatic heterocycles. The minimum absolute atomic E-state index is 0.0513. The number of nitrogens with one attached hydrogen (secondary N) is 1. The number of aromatic nitrogens is 5. The summed E-state index contributed by atoms with van der Waals surface area (Å²) in [5.74, 6) is 1.80. The molecule has 1 amide bonds. The van der Waals surface area contributed by atoms with Crippen LogP contribution in [-0.2, 0) is 30.8 Å². The van der Waals surface area contributed by atoms with Crippen molar-refractivity contribution in [3.63, 3.8) is 0 Å². The third-order valence-electron chi connectivity index (χ3n) is 4.59. The van der Waals surface area contributed by atoms with E-state index in [1.54, 1.807) is 12.5 Å². The number of benzene rings is 1. The van der Waals surface area contributed by atoms with Gasteiger partial charge in [0.15, 0.2) is 0 Å². The van der Waals surface area contributed by atoms with Crippen molar-refractivity contribution in [1.29, 1.82) is 0 Å². The van der Waals surface area contributed by atoms with E-state index in [2.05, 4.69) is 37.1 Å². The van der Waals surface area contributed by atoms with Gasteiger partial charge in [-0.05, 0) is 12.0 Å². The molecular weight excluding hydrogens is 316 g/mol. The summed E-state index contributed by atoms with van der Waals surface area (Å²) in [6.45, 7) is 1.77. The number of nitrogens with zero attached hydrogens (tertiary/aromatic N) is 5. The molecule has 0 saturated carbocycles. The maximum absolute atomic E-state index is 12.5. The van der Waals surface area contributed by atoms with Crippen molar-refractivity contribution in [3.8, 4) is 0 Å². The van der Waals surface area contributed by atoms with E-state index in [9.17, 15) is 4.79 Å². The highest BCUT2D eigenvalue weighted by atomic mass is 16.1. The van der Waals surface area contributed by atoms with Crippen LogP contribution in [0.5, 0.6) is 0 Å². The van der Waals surface area contributed by atoms with E-state index >= 15 is 0 Å². The molecule has 0 bridgehead atoms. The topological polar surface area (TPSA) is 77.6 Å². The van der Waals surface area contributed by atoms with Crippen LogP contribution in [0.15, 0.2) is 49.1 Å². The molecule has 7 nitrogen and oxygen atoms in total. The number of imidazole rings is 1. The van der Waals surface area contributed by atoms with Crippen LogP contribution in [0.1, 0.15) is 23.6 Å². The van der Waals surface area contributed by atoms with Crippen LogP contribution in [0.4, 0.5) is 0 Å². The molecule has 2 aromatic heterocycles. The molecule has 128 valence electrons. The highest BCUT2D eigenvalue weighted by molar-refractivity contribution is 5.78. The smallest absolute Gasteiger partial charge is 0.225 e. The van der Waals surface area contributed by atoms with Crippen molar-refractivity contribution < 1.29 is 4.79 Å². The number of aryl methyl sites for hydroxylation is 1. The Morgan fingerprint density at radius 2 is 2.12 bits per heavy atom. The second-order valence-corrected chi connectivity index (χ2v) is 6.27. The van der Waals surface area contributed by atoms with E-state index in [1.165, 1.54) is 5.56 Å². The van der Waals surface area contributed by atoms with Gasteiger partial charge >= 0.3 is 0 Å². The molecule has 0 radical (unpaired) electrons. The SMILES string of the molecule is O=C(NCc1nccn1Cc1ccccc1)C1CCc2ncnn2C1. The van der Waals surface area contributed by atoms with Gasteiger partial charge in [0.2, 0.25) is 5.91 Å². The number of carbonyl (C=O) groups is 1. The zero-order valence-corrected chi connectivity index (χ0v) is 13.9. The fourth-order valence-electron chi connectivity index (χ4n) is 3.19. The standard InChI is InChI=1S/C18H20N6O/c25-18(15-6-7-16-21-13-22-24(16)12-15)20-10-17-19-8-9-23(17)11-14-4-2-1-3-5-14/h1-5,8-9,13,15H,6-7,10-12H2,(H,20,25). The molecule has 3 heterocycles. The summed E-state index contributed by atoms with van der Waals surface area (Å²) in [5, 5.41) is 7.19. The average Bonchev–Trinajstić information content (AvgIpc) is 3.29. The second-order valence-electron chi connectivity index (χ2n) is 6.27. The number of hydrogen-bond acceptors (Lipinski definition) is 4. The number of fused-ring (bicyclic) bond motifs is 1. The van der Waals surface area contributed by atoms with Crippen LogP contribution in [0.25, 0.3) is 0 Å². The highest BCUT2D eigenvalue weighted by Gasteiger charge is 2.25. The van der Waals surface area contributed by atoms with Gasteiger partial charge in [-0.2, -0.15) is 5.10 Å². The van der Waals surface area contributed by atoms with Crippen LogP contribution in [0, 0.1) is 5.92 Å². The molecule has 0 spiro atoms. The van der Waals surface area contributed by atoms with Crippen molar-refractivity contribution in [2.75, 3.05) is 0 Å². The van der Waals surface area contributed by atoms with Crippen LogP contribution >= 0.6 is 0 Å². The van der Waals surface area contributed by atoms with Crippen molar-refractivity contribution in [2.24, 2.45) is 5.92 Å². The Kier molecular flexibility index (Phi) is 4.28. The number of hydrogen-bond donors (Lipinski definition) is 1. The first kappa shape index (κ1) is 15.6. The maximum atomic E-state index is 12.5. The molecule has 1 aliphatic rings. The van der Waals surface area contributed by atoms with Crippen LogP contribution in [-0.4, -0.2) is 30.2 Å². The Balaban J connectivity index is 1.36. The number of carbonyl (C=O) groups excluding carboxylic acids is 1. The van der Waals surface area contributed by atoms with Crippen molar-refractivity contribution in [2.45, 2.75) is 32.5 Å². The highest BCUT2D eigenvalue weighted by Crippen LogP contribution is 2.17. The fourth-order valence-corrected chi connectivity index (χ4v) is 3.19. The normalized spacial score (nSPS) is 16.4. The molecule has 0 saturated heterocycles. The minimum Gasteiger partial charge on any atom is -0.349 e. The molecule has 1 N–H and O–H groups in total. The predicted octanol–water partition coefficient (Wildman–Crippen LogP) is 1.40. The van der Waals surface area contributed by atoms with E-state index < -0.39 is 0 Å². The van der Waals surface area contributed by atoms with Crippen molar-refractivity contribution >= 4 is 5.91 Å². The summed E-state index contributed by atoms with van der Waals surface area (Å²) in [7, 11) is 0. The Labute approximate surface area is 145 Å². The zero-order chi connectivity index (χ0) is 17.1. The first-order valence-electron chi connectivity index (χ1n) is 8.48. The van der Waals surface area contributed by atoms with E-state index in [-0.39, 0.29) is 11.8 Å². The number of rotatable bonds is 5. The third kappa shape index (κ3) is 3.45. The molecule has 1 atom stereocenters. The van der Waals surface area contributed by atoms with Crippen molar-refractivity contribution in [3.05, 3.63) is 66.3 Å². The summed E-state index contributed by atoms with van der Waals surface area (Å²) >= 11 is 0. The molecule has 25 heavy (non-hydrogen) atoms. The Bertz CT molecular complexity index is 853. The monoisotopic (exact) mass is 336 g/mol. The average molecular weight is 336 g/mol. The number of amides is 1. The van der Waals surface area contributed by atoms with E-state index in [1.807, 2.05) is 29.1 Å². The Morgan fingerprint density at radius 3 is 3.00 bits per heavy atom. The fraction of sp³-hybridized carbons (Fsp3) is 0.333. The first-order valence-corrected chi connectivity index (χ1v) is 8.48. The Hall–Kier alpha value is -2.96. The van der Waals surface area contributed by atoms with Gasteiger partial charge < -0.3 is 9.88 Å². The second kappa shape index (κ2) is 6.88. The maximum Gasteiger partial charge on any atom is 0.225 e. The predicted molar refractivity (Wildman–Crippen MR) is 91.5 cm³/mol. The minimum atomic E-state index is -0.0632. The molecule has 1 aromatic carbocycles. The van der Waals surface area contributed by atoms with E-state index in [4.69, 9.17) is 0 Å². The van der Waals surface area contributed by atoms with Crippen molar-refractivity contribution in [1.82, 2.24) is 29.6 Å². The summed E-state index contributed by atoms with van der Waals surface area (Å²) in [6, 6.07) is 10.2. The lowest BCUT2D eigenvalue weighted by Crippen LogP contribution is -2.36. The van der Waals surface area contributed by atoms with Gasteiger partial charge in [-0.1, -0.05) is 30.3 Å². The van der Waals surface area contributed by atoms with E-state index in [0.29, 0.717) is 13.1 Å². The first-order chi connectivity index (χ1) is 12.3. The third-order valence-corrected chi connectivity index (χ3v) is 4.59. The van der Waals surface area contributed by atoms with E-state index in [0.717, 1.165) is 31.0 Å². The van der Waals surface area contributed by atoms with Gasteiger partial charge in [-0.3, -0.25) is 4.79 Å². The van der Waals surface area contributed by atoms with Crippen LogP contribution < -0.4 is 5.32 Å². The van der Waals surface area contributed by atoms with Gasteiger partial charge in [0.05, 0.1) is 19.0 Å². The lowest BCUT2D eigenvalue weighted by Gasteiger charge is -2.21. The summed E-state index contributed by atoms with van der Waals surface area (Å²) in [5.41, 5.74) is 1.21. The summed E-state index contributed by atoms with van der Waals surface area (Å²) in [4.78, 5) is 21.1. The van der Waals surface area contributed by atoms with Crippen LogP contribution in [0.3, 0.4) is 0 Å². The quantitative estimate of drug-likeness (QED) is 0.764. The molecule has 3 aromatic rings. The van der Waals surface area contributed by atoms with Gasteiger partial charge in [-0.15, -0.1) is 0 Å². The molecular formula is C18H20N6O. The zero-order valence-electron chi connectivity index (χ0n) is 13.9. The lowest BCUT2D eigenvalue weighted by molar-refractivity contribution is -0.126. The molecule has 7 heteroatoms. The van der Waals surface area contributed by atoms with Gasteiger partial charge in [-0.25, -0.2) is 14.6 Å². The van der Waals surface area contributed by atoms with Gasteiger partial charge in [0.1, 0.15) is 18.0 Å². The summed E-state index contributed by atoms with van der Waals surface area (Å²) in [6.07, 6.45) is 6.86.